The quantitative estimate of drug-likeness (QED) is 0.699. The third kappa shape index (κ3) is 8.43. The van der Waals surface area contributed by atoms with Crippen molar-refractivity contribution in [2.45, 2.75) is 46.1 Å². The monoisotopic (exact) mass is 394 g/mol. The number of sulfone groups is 1. The molecule has 1 aromatic rings. The molecule has 1 heterocycles. The van der Waals surface area contributed by atoms with Crippen LogP contribution in [0.5, 0.6) is 0 Å². The Balaban J connectivity index is 1.71. The molecule has 0 radical (unpaired) electrons. The molecule has 1 N–H and O–H groups in total. The number of amides is 1. The molecule has 1 amide bonds. The summed E-state index contributed by atoms with van der Waals surface area (Å²) in [6.07, 6.45) is 2.50. The zero-order chi connectivity index (χ0) is 19.9. The standard InChI is InChI=1S/C21H34N2O3S/c1-17-12-18(2)14-23(13-17)15-19(3)22-21(24)16-27(25,26)11-7-10-20-8-5-4-6-9-20/h4-6,8-9,17-19H,7,10-16H2,1-3H3,(H,22,24). The van der Waals surface area contributed by atoms with Crippen LogP contribution in [0.2, 0.25) is 0 Å². The zero-order valence-corrected chi connectivity index (χ0v) is 17.7. The first kappa shape index (κ1) is 21.9. The molecular weight excluding hydrogens is 360 g/mol. The number of hydrogen-bond donors (Lipinski definition) is 1. The SMILES string of the molecule is CC1CC(C)CN(CC(C)NC(=O)CS(=O)(=O)CCCc2ccccc2)C1. The lowest BCUT2D eigenvalue weighted by atomic mass is 9.92. The Bertz CT molecular complexity index is 681. The van der Waals surface area contributed by atoms with E-state index in [2.05, 4.69) is 24.1 Å². The second-order valence-electron chi connectivity index (χ2n) is 8.31. The molecular formula is C21H34N2O3S. The van der Waals surface area contributed by atoms with E-state index in [1.165, 1.54) is 6.42 Å². The van der Waals surface area contributed by atoms with E-state index in [4.69, 9.17) is 0 Å². The molecule has 0 aromatic heterocycles. The van der Waals surface area contributed by atoms with Crippen molar-refractivity contribution in [3.8, 4) is 0 Å². The van der Waals surface area contributed by atoms with Gasteiger partial charge >= 0.3 is 0 Å². The van der Waals surface area contributed by atoms with Crippen LogP contribution in [0.3, 0.4) is 0 Å². The third-order valence-corrected chi connectivity index (χ3v) is 6.61. The predicted octanol–water partition coefficient (Wildman–Crippen LogP) is 2.52. The number of hydrogen-bond acceptors (Lipinski definition) is 4. The van der Waals surface area contributed by atoms with Crippen LogP contribution in [0.1, 0.15) is 39.2 Å². The van der Waals surface area contributed by atoms with Crippen molar-refractivity contribution in [3.05, 3.63) is 35.9 Å². The van der Waals surface area contributed by atoms with Crippen molar-refractivity contribution in [1.82, 2.24) is 10.2 Å². The molecule has 0 bridgehead atoms. The Hall–Kier alpha value is -1.40. The molecule has 6 heteroatoms. The van der Waals surface area contributed by atoms with E-state index < -0.39 is 15.6 Å². The summed E-state index contributed by atoms with van der Waals surface area (Å²) in [5.74, 6) is 0.577. The van der Waals surface area contributed by atoms with Crippen LogP contribution in [0, 0.1) is 11.8 Å². The van der Waals surface area contributed by atoms with E-state index in [1.54, 1.807) is 0 Å². The highest BCUT2D eigenvalue weighted by Gasteiger charge is 2.24. The molecule has 152 valence electrons. The smallest absolute Gasteiger partial charge is 0.235 e. The van der Waals surface area contributed by atoms with Crippen molar-refractivity contribution in [3.63, 3.8) is 0 Å². The summed E-state index contributed by atoms with van der Waals surface area (Å²) in [5.41, 5.74) is 1.12. The van der Waals surface area contributed by atoms with Crippen LogP contribution < -0.4 is 5.32 Å². The first-order chi connectivity index (χ1) is 12.7. The van der Waals surface area contributed by atoms with Gasteiger partial charge in [-0.3, -0.25) is 4.79 Å². The highest BCUT2D eigenvalue weighted by atomic mass is 32.2. The molecule has 1 saturated heterocycles. The van der Waals surface area contributed by atoms with Crippen LogP contribution in [0.4, 0.5) is 0 Å². The number of benzene rings is 1. The number of carbonyl (C=O) groups is 1. The molecule has 3 atom stereocenters. The predicted molar refractivity (Wildman–Crippen MR) is 110 cm³/mol. The molecule has 5 nitrogen and oxygen atoms in total. The molecule has 1 aliphatic rings. The Morgan fingerprint density at radius 3 is 2.44 bits per heavy atom. The van der Waals surface area contributed by atoms with Gasteiger partial charge in [0.05, 0.1) is 5.75 Å². The largest absolute Gasteiger partial charge is 0.351 e. The summed E-state index contributed by atoms with van der Waals surface area (Å²) in [5, 5.41) is 2.86. The van der Waals surface area contributed by atoms with Gasteiger partial charge in [0.1, 0.15) is 5.75 Å². The number of carbonyl (C=O) groups excluding carboxylic acids is 1. The molecule has 27 heavy (non-hydrogen) atoms. The number of likely N-dealkylation sites (tertiary alicyclic amines) is 1. The van der Waals surface area contributed by atoms with Crippen LogP contribution in [0.25, 0.3) is 0 Å². The summed E-state index contributed by atoms with van der Waals surface area (Å²) in [6.45, 7) is 9.32. The van der Waals surface area contributed by atoms with Gasteiger partial charge in [-0.05, 0) is 43.6 Å². The van der Waals surface area contributed by atoms with E-state index in [1.807, 2.05) is 37.3 Å². The lowest BCUT2D eigenvalue weighted by molar-refractivity contribution is -0.119. The Morgan fingerprint density at radius 1 is 1.19 bits per heavy atom. The highest BCUT2D eigenvalue weighted by molar-refractivity contribution is 7.92. The van der Waals surface area contributed by atoms with E-state index in [9.17, 15) is 13.2 Å². The maximum absolute atomic E-state index is 12.2. The summed E-state index contributed by atoms with van der Waals surface area (Å²) in [6, 6.07) is 9.77. The lowest BCUT2D eigenvalue weighted by Gasteiger charge is -2.36. The summed E-state index contributed by atoms with van der Waals surface area (Å²) >= 11 is 0. The minimum Gasteiger partial charge on any atom is -0.351 e. The molecule has 0 aliphatic carbocycles. The second-order valence-corrected chi connectivity index (χ2v) is 10.5. The van der Waals surface area contributed by atoms with Crippen LogP contribution in [-0.2, 0) is 21.1 Å². The Morgan fingerprint density at radius 2 is 1.81 bits per heavy atom. The number of nitrogens with zero attached hydrogens (tertiary/aromatic N) is 1. The van der Waals surface area contributed by atoms with Gasteiger partial charge in [-0.1, -0.05) is 44.2 Å². The van der Waals surface area contributed by atoms with Crippen LogP contribution in [-0.4, -0.2) is 56.4 Å². The molecule has 1 aromatic carbocycles. The molecule has 0 spiro atoms. The van der Waals surface area contributed by atoms with Crippen molar-refractivity contribution in [2.24, 2.45) is 11.8 Å². The first-order valence-electron chi connectivity index (χ1n) is 9.99. The van der Waals surface area contributed by atoms with Gasteiger partial charge in [-0.15, -0.1) is 0 Å². The van der Waals surface area contributed by atoms with Crippen molar-refractivity contribution < 1.29 is 13.2 Å². The van der Waals surface area contributed by atoms with Gasteiger partial charge in [0.2, 0.25) is 5.91 Å². The molecule has 0 saturated carbocycles. The van der Waals surface area contributed by atoms with E-state index in [-0.39, 0.29) is 17.7 Å². The summed E-state index contributed by atoms with van der Waals surface area (Å²) < 4.78 is 24.4. The average Bonchev–Trinajstić information content (AvgIpc) is 2.53. The third-order valence-electron chi connectivity index (χ3n) is 5.00. The summed E-state index contributed by atoms with van der Waals surface area (Å²) in [7, 11) is -3.37. The minimum atomic E-state index is -3.37. The fourth-order valence-electron chi connectivity index (χ4n) is 4.10. The number of piperidine rings is 1. The molecule has 2 rings (SSSR count). The van der Waals surface area contributed by atoms with Crippen LogP contribution >= 0.6 is 0 Å². The number of nitrogens with one attached hydrogen (secondary N) is 1. The lowest BCUT2D eigenvalue weighted by Crippen LogP contribution is -2.48. The second kappa shape index (κ2) is 10.2. The van der Waals surface area contributed by atoms with Gasteiger partial charge in [0, 0.05) is 25.7 Å². The van der Waals surface area contributed by atoms with Crippen molar-refractivity contribution >= 4 is 15.7 Å². The number of aryl methyl sites for hydroxylation is 1. The maximum Gasteiger partial charge on any atom is 0.235 e. The fourth-order valence-corrected chi connectivity index (χ4v) is 5.31. The van der Waals surface area contributed by atoms with Gasteiger partial charge in [0.15, 0.2) is 9.84 Å². The zero-order valence-electron chi connectivity index (χ0n) is 16.9. The van der Waals surface area contributed by atoms with Gasteiger partial charge in [-0.25, -0.2) is 8.42 Å². The van der Waals surface area contributed by atoms with Gasteiger partial charge in [-0.2, -0.15) is 0 Å². The summed E-state index contributed by atoms with van der Waals surface area (Å²) in [4.78, 5) is 14.5. The Kier molecular flexibility index (Phi) is 8.29. The molecule has 3 unspecified atom stereocenters. The van der Waals surface area contributed by atoms with Gasteiger partial charge in [0.25, 0.3) is 0 Å². The van der Waals surface area contributed by atoms with E-state index >= 15 is 0 Å². The van der Waals surface area contributed by atoms with Crippen LogP contribution in [0.15, 0.2) is 30.3 Å². The van der Waals surface area contributed by atoms with E-state index in [0.717, 1.165) is 25.2 Å². The Labute approximate surface area is 164 Å². The normalized spacial score (nSPS) is 22.3. The van der Waals surface area contributed by atoms with Crippen molar-refractivity contribution in [1.29, 1.82) is 0 Å². The maximum atomic E-state index is 12.2. The number of rotatable bonds is 9. The molecule has 1 fully saturated rings. The van der Waals surface area contributed by atoms with E-state index in [0.29, 0.717) is 24.7 Å². The topological polar surface area (TPSA) is 66.5 Å². The van der Waals surface area contributed by atoms with Crippen molar-refractivity contribution in [2.75, 3.05) is 31.1 Å². The first-order valence-corrected chi connectivity index (χ1v) is 11.8. The highest BCUT2D eigenvalue weighted by Crippen LogP contribution is 2.20. The average molecular weight is 395 g/mol. The van der Waals surface area contributed by atoms with Gasteiger partial charge < -0.3 is 10.2 Å². The minimum absolute atomic E-state index is 0.0465. The fraction of sp³-hybridized carbons (Fsp3) is 0.667. The molecule has 1 aliphatic heterocycles.